The number of amides is 1. The van der Waals surface area contributed by atoms with Crippen molar-refractivity contribution < 1.29 is 14.3 Å². The maximum Gasteiger partial charge on any atom is 0.223 e. The van der Waals surface area contributed by atoms with E-state index in [2.05, 4.69) is 26.2 Å². The van der Waals surface area contributed by atoms with E-state index in [4.69, 9.17) is 9.47 Å². The van der Waals surface area contributed by atoms with Crippen molar-refractivity contribution in [2.45, 2.75) is 19.6 Å². The fourth-order valence-electron chi connectivity index (χ4n) is 2.48. The van der Waals surface area contributed by atoms with Gasteiger partial charge in [-0.2, -0.15) is 0 Å². The maximum atomic E-state index is 12.0. The quantitative estimate of drug-likeness (QED) is 0.531. The second kappa shape index (κ2) is 10.5. The predicted molar refractivity (Wildman–Crippen MR) is 111 cm³/mol. The summed E-state index contributed by atoms with van der Waals surface area (Å²) in [5.41, 5.74) is 2.01. The molecule has 3 rings (SSSR count). The molecule has 1 N–H and O–H groups in total. The summed E-state index contributed by atoms with van der Waals surface area (Å²) in [6, 6.07) is 21.1. The van der Waals surface area contributed by atoms with Crippen molar-refractivity contribution >= 4 is 21.8 Å². The number of hydrogen-bond donors (Lipinski definition) is 1. The molecule has 0 saturated heterocycles. The number of carbonyl (C=O) groups excluding carboxylic acids is 1. The van der Waals surface area contributed by atoms with Crippen LogP contribution in [0, 0.1) is 0 Å². The lowest BCUT2D eigenvalue weighted by Gasteiger charge is -2.09. The molecule has 1 heterocycles. The lowest BCUT2D eigenvalue weighted by atomic mass is 10.2. The van der Waals surface area contributed by atoms with E-state index >= 15 is 0 Å². The SMILES string of the molecule is O=C(CCOc1cccc(Br)c1)NCc1ccnc(OCc2ccccc2)c1. The fraction of sp³-hybridized carbons (Fsp3) is 0.182. The first-order valence-electron chi connectivity index (χ1n) is 8.96. The van der Waals surface area contributed by atoms with Crippen LogP contribution in [0.2, 0.25) is 0 Å². The Morgan fingerprint density at radius 1 is 0.964 bits per heavy atom. The minimum absolute atomic E-state index is 0.0708. The Balaban J connectivity index is 1.40. The summed E-state index contributed by atoms with van der Waals surface area (Å²) in [6.45, 7) is 1.20. The van der Waals surface area contributed by atoms with Gasteiger partial charge in [0.2, 0.25) is 11.8 Å². The van der Waals surface area contributed by atoms with E-state index in [0.717, 1.165) is 21.3 Å². The number of rotatable bonds is 9. The Hall–Kier alpha value is -2.86. The number of carbonyl (C=O) groups is 1. The third kappa shape index (κ3) is 6.70. The average Bonchev–Trinajstić information content (AvgIpc) is 2.72. The molecule has 0 aliphatic heterocycles. The number of nitrogens with one attached hydrogen (secondary N) is 1. The number of halogens is 1. The fourth-order valence-corrected chi connectivity index (χ4v) is 2.86. The van der Waals surface area contributed by atoms with Gasteiger partial charge in [0.05, 0.1) is 13.0 Å². The highest BCUT2D eigenvalue weighted by molar-refractivity contribution is 9.10. The maximum absolute atomic E-state index is 12.0. The van der Waals surface area contributed by atoms with Gasteiger partial charge < -0.3 is 14.8 Å². The molecule has 0 bridgehead atoms. The molecule has 6 heteroatoms. The molecule has 28 heavy (non-hydrogen) atoms. The monoisotopic (exact) mass is 440 g/mol. The number of nitrogens with zero attached hydrogens (tertiary/aromatic N) is 1. The zero-order valence-electron chi connectivity index (χ0n) is 15.3. The predicted octanol–water partition coefficient (Wildman–Crippen LogP) is 4.51. The van der Waals surface area contributed by atoms with Gasteiger partial charge in [-0.25, -0.2) is 4.98 Å². The Kier molecular flexibility index (Phi) is 7.44. The average molecular weight is 441 g/mol. The van der Waals surface area contributed by atoms with Crippen molar-refractivity contribution in [2.75, 3.05) is 6.61 Å². The van der Waals surface area contributed by atoms with Crippen LogP contribution in [0.25, 0.3) is 0 Å². The van der Waals surface area contributed by atoms with Gasteiger partial charge in [-0.3, -0.25) is 4.79 Å². The lowest BCUT2D eigenvalue weighted by molar-refractivity contribution is -0.121. The second-order valence-corrected chi connectivity index (χ2v) is 7.02. The van der Waals surface area contributed by atoms with E-state index in [-0.39, 0.29) is 12.3 Å². The van der Waals surface area contributed by atoms with Gasteiger partial charge >= 0.3 is 0 Å². The van der Waals surface area contributed by atoms with Gasteiger partial charge in [-0.05, 0) is 35.4 Å². The van der Waals surface area contributed by atoms with E-state index in [0.29, 0.717) is 25.6 Å². The first-order valence-corrected chi connectivity index (χ1v) is 9.75. The van der Waals surface area contributed by atoms with Gasteiger partial charge in [-0.15, -0.1) is 0 Å². The minimum Gasteiger partial charge on any atom is -0.493 e. The first kappa shape index (κ1) is 19.9. The third-order valence-electron chi connectivity index (χ3n) is 3.91. The van der Waals surface area contributed by atoms with E-state index in [1.807, 2.05) is 66.7 Å². The first-order chi connectivity index (χ1) is 13.7. The van der Waals surface area contributed by atoms with Crippen LogP contribution in [0.4, 0.5) is 0 Å². The van der Waals surface area contributed by atoms with Crippen LogP contribution in [0.5, 0.6) is 11.6 Å². The second-order valence-electron chi connectivity index (χ2n) is 6.11. The number of hydrogen-bond acceptors (Lipinski definition) is 4. The van der Waals surface area contributed by atoms with Crippen LogP contribution in [0.3, 0.4) is 0 Å². The molecule has 3 aromatic rings. The molecule has 1 aromatic heterocycles. The topological polar surface area (TPSA) is 60.5 Å². The van der Waals surface area contributed by atoms with Crippen LogP contribution in [-0.2, 0) is 17.9 Å². The van der Waals surface area contributed by atoms with E-state index < -0.39 is 0 Å². The summed E-state index contributed by atoms with van der Waals surface area (Å²) in [6.07, 6.45) is 1.97. The highest BCUT2D eigenvalue weighted by atomic mass is 79.9. The molecule has 0 fully saturated rings. The van der Waals surface area contributed by atoms with E-state index in [1.165, 1.54) is 0 Å². The van der Waals surface area contributed by atoms with Gasteiger partial charge in [-0.1, -0.05) is 52.3 Å². The highest BCUT2D eigenvalue weighted by Crippen LogP contribution is 2.17. The molecule has 0 atom stereocenters. The summed E-state index contributed by atoms with van der Waals surface area (Å²) in [7, 11) is 0. The smallest absolute Gasteiger partial charge is 0.223 e. The highest BCUT2D eigenvalue weighted by Gasteiger charge is 2.04. The summed E-state index contributed by atoms with van der Waals surface area (Å²) >= 11 is 3.39. The normalized spacial score (nSPS) is 10.3. The molecule has 0 aliphatic rings. The van der Waals surface area contributed by atoms with Gasteiger partial charge in [0.15, 0.2) is 0 Å². The molecule has 5 nitrogen and oxygen atoms in total. The standard InChI is InChI=1S/C22H21BrN2O3/c23-19-7-4-8-20(14-19)27-12-10-21(26)25-15-18-9-11-24-22(13-18)28-16-17-5-2-1-3-6-17/h1-9,11,13-14H,10,12,15-16H2,(H,25,26). The van der Waals surface area contributed by atoms with Crippen molar-refractivity contribution in [1.82, 2.24) is 10.3 Å². The molecule has 2 aromatic carbocycles. The Morgan fingerprint density at radius 3 is 2.64 bits per heavy atom. The summed E-state index contributed by atoms with van der Waals surface area (Å²) in [5.74, 6) is 1.20. The number of pyridine rings is 1. The van der Waals surface area contributed by atoms with Crippen LogP contribution < -0.4 is 14.8 Å². The molecule has 144 valence electrons. The minimum atomic E-state index is -0.0708. The molecule has 0 aliphatic carbocycles. The number of aromatic nitrogens is 1. The van der Waals surface area contributed by atoms with Crippen LogP contribution in [0.15, 0.2) is 77.4 Å². The molecule has 0 radical (unpaired) electrons. The van der Waals surface area contributed by atoms with Crippen LogP contribution in [0.1, 0.15) is 17.5 Å². The molecule has 1 amide bonds. The van der Waals surface area contributed by atoms with Crippen molar-refractivity contribution in [3.8, 4) is 11.6 Å². The van der Waals surface area contributed by atoms with Crippen molar-refractivity contribution in [1.29, 1.82) is 0 Å². The van der Waals surface area contributed by atoms with Gasteiger partial charge in [0.25, 0.3) is 0 Å². The molecular formula is C22H21BrN2O3. The van der Waals surface area contributed by atoms with Crippen molar-refractivity contribution in [3.63, 3.8) is 0 Å². The van der Waals surface area contributed by atoms with Crippen molar-refractivity contribution in [2.24, 2.45) is 0 Å². The Bertz CT molecular complexity index is 903. The number of benzene rings is 2. The Labute approximate surface area is 172 Å². The molecule has 0 unspecified atom stereocenters. The van der Waals surface area contributed by atoms with Gasteiger partial charge in [0, 0.05) is 23.3 Å². The molecule has 0 saturated carbocycles. The van der Waals surface area contributed by atoms with Gasteiger partial charge in [0.1, 0.15) is 12.4 Å². The Morgan fingerprint density at radius 2 is 1.82 bits per heavy atom. The summed E-state index contributed by atoms with van der Waals surface area (Å²) in [5, 5.41) is 2.89. The van der Waals surface area contributed by atoms with E-state index in [9.17, 15) is 4.79 Å². The molecular weight excluding hydrogens is 420 g/mol. The third-order valence-corrected chi connectivity index (χ3v) is 4.41. The summed E-state index contributed by atoms with van der Waals surface area (Å²) < 4.78 is 12.2. The lowest BCUT2D eigenvalue weighted by Crippen LogP contribution is -2.24. The zero-order chi connectivity index (χ0) is 19.6. The number of ether oxygens (including phenoxy) is 2. The van der Waals surface area contributed by atoms with Crippen LogP contribution >= 0.6 is 15.9 Å². The summed E-state index contributed by atoms with van der Waals surface area (Å²) in [4.78, 5) is 16.2. The zero-order valence-corrected chi connectivity index (χ0v) is 16.9. The largest absolute Gasteiger partial charge is 0.493 e. The van der Waals surface area contributed by atoms with Crippen molar-refractivity contribution in [3.05, 3.63) is 88.5 Å². The molecule has 0 spiro atoms. The van der Waals surface area contributed by atoms with Crippen LogP contribution in [-0.4, -0.2) is 17.5 Å². The van der Waals surface area contributed by atoms with E-state index in [1.54, 1.807) is 6.20 Å².